The SMILES string of the molecule is CCN(C(=O)c1ccc(C2=CS(=O)(=O)CCCS2(=O)=O)cc1)c1ccccc1. The molecule has 0 saturated heterocycles. The van der Waals surface area contributed by atoms with Gasteiger partial charge in [-0.2, -0.15) is 0 Å². The number of sulfone groups is 2. The summed E-state index contributed by atoms with van der Waals surface area (Å²) in [5.41, 5.74) is 1.42. The molecule has 0 aromatic heterocycles. The van der Waals surface area contributed by atoms with Crippen molar-refractivity contribution in [1.29, 1.82) is 0 Å². The fourth-order valence-electron chi connectivity index (χ4n) is 3.09. The van der Waals surface area contributed by atoms with Crippen molar-refractivity contribution in [2.24, 2.45) is 0 Å². The first-order chi connectivity index (χ1) is 13.2. The zero-order chi connectivity index (χ0) is 20.4. The summed E-state index contributed by atoms with van der Waals surface area (Å²) in [5.74, 6) is -0.615. The van der Waals surface area contributed by atoms with E-state index in [9.17, 15) is 21.6 Å². The summed E-state index contributed by atoms with van der Waals surface area (Å²) >= 11 is 0. The van der Waals surface area contributed by atoms with Crippen LogP contribution in [0.5, 0.6) is 0 Å². The lowest BCUT2D eigenvalue weighted by molar-refractivity contribution is 0.0988. The third-order valence-electron chi connectivity index (χ3n) is 4.51. The maximum absolute atomic E-state index is 12.8. The third kappa shape index (κ3) is 4.34. The molecule has 6 nitrogen and oxygen atoms in total. The van der Waals surface area contributed by atoms with Gasteiger partial charge in [-0.3, -0.25) is 4.79 Å². The number of carbonyl (C=O) groups is 1. The molecule has 2 aromatic rings. The van der Waals surface area contributed by atoms with Gasteiger partial charge in [0.05, 0.1) is 16.4 Å². The Morgan fingerprint density at radius 3 is 2.18 bits per heavy atom. The second kappa shape index (κ2) is 7.89. The molecule has 8 heteroatoms. The number of amides is 1. The molecule has 1 aliphatic rings. The Kier molecular flexibility index (Phi) is 5.71. The number of hydrogen-bond acceptors (Lipinski definition) is 5. The summed E-state index contributed by atoms with van der Waals surface area (Å²) in [4.78, 5) is 14.2. The first-order valence-corrected chi connectivity index (χ1v) is 12.2. The highest BCUT2D eigenvalue weighted by Crippen LogP contribution is 2.27. The summed E-state index contributed by atoms with van der Waals surface area (Å²) < 4.78 is 48.9. The first kappa shape index (κ1) is 20.3. The normalized spacial score (nSPS) is 18.0. The molecule has 0 spiro atoms. The average Bonchev–Trinajstić information content (AvgIpc) is 2.78. The van der Waals surface area contributed by atoms with Crippen molar-refractivity contribution >= 4 is 36.2 Å². The van der Waals surface area contributed by atoms with Crippen molar-refractivity contribution in [3.8, 4) is 0 Å². The predicted octanol–water partition coefficient (Wildman–Crippen LogP) is 2.89. The summed E-state index contributed by atoms with van der Waals surface area (Å²) in [6, 6.07) is 15.2. The van der Waals surface area contributed by atoms with Crippen LogP contribution in [0.1, 0.15) is 29.3 Å². The van der Waals surface area contributed by atoms with Crippen molar-refractivity contribution in [1.82, 2.24) is 0 Å². The van der Waals surface area contributed by atoms with Gasteiger partial charge in [0.1, 0.15) is 0 Å². The predicted molar refractivity (Wildman–Crippen MR) is 110 cm³/mol. The average molecular weight is 420 g/mol. The van der Waals surface area contributed by atoms with Gasteiger partial charge in [0.15, 0.2) is 19.7 Å². The number of anilines is 1. The zero-order valence-electron chi connectivity index (χ0n) is 15.4. The zero-order valence-corrected chi connectivity index (χ0v) is 17.0. The highest BCUT2D eigenvalue weighted by Gasteiger charge is 2.27. The monoisotopic (exact) mass is 419 g/mol. The van der Waals surface area contributed by atoms with E-state index in [0.717, 1.165) is 11.1 Å². The molecule has 1 aliphatic heterocycles. The summed E-state index contributed by atoms with van der Waals surface area (Å²) in [6.45, 7) is 2.34. The van der Waals surface area contributed by atoms with Gasteiger partial charge in [-0.25, -0.2) is 16.8 Å². The topological polar surface area (TPSA) is 88.6 Å². The standard InChI is InChI=1S/C20H21NO5S2/c1-2-21(18-7-4-3-5-8-18)20(22)17-11-9-16(10-12-17)19-15-27(23,24)13-6-14-28(19,25)26/h3-5,7-12,15H,2,6,13-14H2,1H3. The molecule has 0 saturated carbocycles. The first-order valence-electron chi connectivity index (χ1n) is 8.88. The molecular formula is C20H21NO5S2. The molecule has 3 rings (SSSR count). The lowest BCUT2D eigenvalue weighted by Gasteiger charge is -2.21. The minimum Gasteiger partial charge on any atom is -0.309 e. The molecule has 1 amide bonds. The van der Waals surface area contributed by atoms with Gasteiger partial charge in [-0.15, -0.1) is 0 Å². The van der Waals surface area contributed by atoms with Crippen molar-refractivity contribution in [2.45, 2.75) is 13.3 Å². The molecule has 1 heterocycles. The highest BCUT2D eigenvalue weighted by molar-refractivity contribution is 8.03. The second-order valence-electron chi connectivity index (χ2n) is 6.48. The van der Waals surface area contributed by atoms with Crippen LogP contribution in [0.15, 0.2) is 60.0 Å². The van der Waals surface area contributed by atoms with Crippen molar-refractivity contribution in [2.75, 3.05) is 23.0 Å². The molecule has 0 radical (unpaired) electrons. The Hall–Kier alpha value is -2.45. The molecule has 148 valence electrons. The summed E-state index contributed by atoms with van der Waals surface area (Å²) in [7, 11) is -7.28. The molecular weight excluding hydrogens is 398 g/mol. The minimum atomic E-state index is -3.69. The Balaban J connectivity index is 1.95. The van der Waals surface area contributed by atoms with Crippen LogP contribution in [0, 0.1) is 0 Å². The Morgan fingerprint density at radius 2 is 1.57 bits per heavy atom. The van der Waals surface area contributed by atoms with Gasteiger partial charge in [0.2, 0.25) is 0 Å². The summed E-state index contributed by atoms with van der Waals surface area (Å²) in [5, 5.41) is 0.842. The maximum Gasteiger partial charge on any atom is 0.258 e. The van der Waals surface area contributed by atoms with E-state index in [2.05, 4.69) is 0 Å². The fraction of sp³-hybridized carbons (Fsp3) is 0.250. The Bertz CT molecular complexity index is 1100. The van der Waals surface area contributed by atoms with Crippen molar-refractivity contribution in [3.05, 3.63) is 71.1 Å². The van der Waals surface area contributed by atoms with Gasteiger partial charge in [0, 0.05) is 23.2 Å². The van der Waals surface area contributed by atoms with E-state index >= 15 is 0 Å². The van der Waals surface area contributed by atoms with Gasteiger partial charge in [0.25, 0.3) is 5.91 Å². The second-order valence-corrected chi connectivity index (χ2v) is 10.5. The van der Waals surface area contributed by atoms with Gasteiger partial charge >= 0.3 is 0 Å². The van der Waals surface area contributed by atoms with Crippen molar-refractivity contribution in [3.63, 3.8) is 0 Å². The van der Waals surface area contributed by atoms with Crippen LogP contribution in [0.25, 0.3) is 4.91 Å². The highest BCUT2D eigenvalue weighted by atomic mass is 32.2. The van der Waals surface area contributed by atoms with Gasteiger partial charge < -0.3 is 4.90 Å². The quantitative estimate of drug-likeness (QED) is 0.760. The van der Waals surface area contributed by atoms with E-state index in [1.807, 2.05) is 37.3 Å². The van der Waals surface area contributed by atoms with Crippen molar-refractivity contribution < 1.29 is 21.6 Å². The minimum absolute atomic E-state index is 0.0732. The van der Waals surface area contributed by atoms with Crippen LogP contribution in [-0.4, -0.2) is 40.8 Å². The van der Waals surface area contributed by atoms with Crippen LogP contribution in [0.3, 0.4) is 0 Å². The van der Waals surface area contributed by atoms with E-state index in [1.54, 1.807) is 4.90 Å². The number of benzene rings is 2. The maximum atomic E-state index is 12.8. The molecule has 0 aliphatic carbocycles. The third-order valence-corrected chi connectivity index (χ3v) is 7.96. The van der Waals surface area contributed by atoms with Crippen LogP contribution in [0.2, 0.25) is 0 Å². The van der Waals surface area contributed by atoms with E-state index in [4.69, 9.17) is 0 Å². The largest absolute Gasteiger partial charge is 0.309 e. The number of rotatable bonds is 4. The van der Waals surface area contributed by atoms with E-state index in [1.165, 1.54) is 24.3 Å². The molecule has 0 unspecified atom stereocenters. The number of nitrogens with zero attached hydrogens (tertiary/aromatic N) is 1. The van der Waals surface area contributed by atoms with E-state index < -0.39 is 19.7 Å². The van der Waals surface area contributed by atoms with Gasteiger partial charge in [-0.05, 0) is 43.2 Å². The molecule has 2 aromatic carbocycles. The van der Waals surface area contributed by atoms with E-state index in [-0.39, 0.29) is 34.3 Å². The molecule has 0 bridgehead atoms. The van der Waals surface area contributed by atoms with Gasteiger partial charge in [-0.1, -0.05) is 30.3 Å². The Labute approximate surface area is 165 Å². The lowest BCUT2D eigenvalue weighted by atomic mass is 10.1. The Morgan fingerprint density at radius 1 is 0.929 bits per heavy atom. The molecule has 0 N–H and O–H groups in total. The number of para-hydroxylation sites is 1. The number of carbonyl (C=O) groups excluding carboxylic acids is 1. The smallest absolute Gasteiger partial charge is 0.258 e. The number of hydrogen-bond donors (Lipinski definition) is 0. The lowest BCUT2D eigenvalue weighted by Crippen LogP contribution is -2.30. The summed E-state index contributed by atoms with van der Waals surface area (Å²) in [6.07, 6.45) is 0.0732. The molecule has 28 heavy (non-hydrogen) atoms. The molecule has 0 atom stereocenters. The fourth-order valence-corrected chi connectivity index (χ4v) is 6.66. The van der Waals surface area contributed by atoms with Crippen LogP contribution < -0.4 is 4.90 Å². The van der Waals surface area contributed by atoms with E-state index in [0.29, 0.717) is 12.1 Å². The van der Waals surface area contributed by atoms with Crippen LogP contribution in [-0.2, 0) is 19.7 Å². The molecule has 0 fully saturated rings. The van der Waals surface area contributed by atoms with Crippen LogP contribution >= 0.6 is 0 Å². The van der Waals surface area contributed by atoms with Crippen LogP contribution in [0.4, 0.5) is 5.69 Å².